The number of benzene rings is 2. The van der Waals surface area contributed by atoms with Crippen molar-refractivity contribution in [3.63, 3.8) is 0 Å². The van der Waals surface area contributed by atoms with E-state index in [2.05, 4.69) is 10.6 Å². The maximum atomic E-state index is 13.9. The third-order valence-electron chi connectivity index (χ3n) is 5.52. The zero-order valence-corrected chi connectivity index (χ0v) is 23.0. The van der Waals surface area contributed by atoms with Gasteiger partial charge in [0, 0.05) is 18.7 Å². The summed E-state index contributed by atoms with van der Waals surface area (Å²) < 4.78 is 10.5. The number of hydrogen-bond acceptors (Lipinski definition) is 7. The van der Waals surface area contributed by atoms with Crippen LogP contribution in [0.15, 0.2) is 48.5 Å². The Morgan fingerprint density at radius 1 is 1.08 bits per heavy atom. The molecule has 0 saturated carbocycles. The van der Waals surface area contributed by atoms with E-state index in [4.69, 9.17) is 15.2 Å². The minimum absolute atomic E-state index is 0.0872. The smallest absolute Gasteiger partial charge is 0.408 e. The molecule has 5 N–H and O–H groups in total. The zero-order chi connectivity index (χ0) is 29.2. The summed E-state index contributed by atoms with van der Waals surface area (Å²) in [5, 5.41) is 15.5. The van der Waals surface area contributed by atoms with Crippen molar-refractivity contribution >= 4 is 29.5 Å². The number of aromatic hydroxyl groups is 1. The number of phenolic OH excluding ortho intramolecular Hbond substituents is 1. The van der Waals surface area contributed by atoms with Gasteiger partial charge in [-0.15, -0.1) is 0 Å². The molecule has 11 nitrogen and oxygen atoms in total. The Kier molecular flexibility index (Phi) is 11.1. The summed E-state index contributed by atoms with van der Waals surface area (Å²) in [6, 6.07) is 10.3. The number of methoxy groups -OCH3 is 1. The average Bonchev–Trinajstić information content (AvgIpc) is 2.85. The molecule has 0 bridgehead atoms. The van der Waals surface area contributed by atoms with Crippen LogP contribution in [-0.4, -0.2) is 59.1 Å². The van der Waals surface area contributed by atoms with Crippen molar-refractivity contribution in [3.05, 3.63) is 54.1 Å². The minimum atomic E-state index is -1.20. The molecule has 0 radical (unpaired) electrons. The molecule has 0 aliphatic heterocycles. The van der Waals surface area contributed by atoms with Gasteiger partial charge in [0.15, 0.2) is 0 Å². The lowest BCUT2D eigenvalue weighted by atomic mass is 10.0. The summed E-state index contributed by atoms with van der Waals surface area (Å²) in [6.45, 7) is 7.01. The van der Waals surface area contributed by atoms with Crippen molar-refractivity contribution in [2.24, 2.45) is 5.73 Å². The monoisotopic (exact) mass is 542 g/mol. The first kappa shape index (κ1) is 30.9. The highest BCUT2D eigenvalue weighted by Crippen LogP contribution is 2.28. The van der Waals surface area contributed by atoms with E-state index in [1.807, 2.05) is 6.92 Å². The summed E-state index contributed by atoms with van der Waals surface area (Å²) in [5.74, 6) is -1.29. The molecule has 0 spiro atoms. The van der Waals surface area contributed by atoms with E-state index >= 15 is 0 Å². The molecule has 4 amide bonds. The Balaban J connectivity index is 2.48. The van der Waals surface area contributed by atoms with Crippen LogP contribution in [0.5, 0.6) is 11.5 Å². The van der Waals surface area contributed by atoms with Crippen molar-refractivity contribution in [2.75, 3.05) is 19.0 Å². The number of primary amides is 1. The predicted octanol–water partition coefficient (Wildman–Crippen LogP) is 3.48. The van der Waals surface area contributed by atoms with E-state index in [-0.39, 0.29) is 25.1 Å². The number of rotatable bonds is 12. The molecule has 2 atom stereocenters. The molecule has 0 aromatic heterocycles. The van der Waals surface area contributed by atoms with Crippen LogP contribution in [0.3, 0.4) is 0 Å². The van der Waals surface area contributed by atoms with Gasteiger partial charge >= 0.3 is 6.09 Å². The molecule has 2 unspecified atom stereocenters. The van der Waals surface area contributed by atoms with Gasteiger partial charge in [-0.25, -0.2) is 4.79 Å². The van der Waals surface area contributed by atoms with Gasteiger partial charge < -0.3 is 35.8 Å². The predicted molar refractivity (Wildman–Crippen MR) is 146 cm³/mol. The number of anilines is 1. The molecular weight excluding hydrogens is 504 g/mol. The van der Waals surface area contributed by atoms with E-state index in [9.17, 15) is 24.3 Å². The molecule has 2 aromatic rings. The molecule has 0 heterocycles. The number of phenols is 1. The van der Waals surface area contributed by atoms with Gasteiger partial charge in [-0.3, -0.25) is 14.4 Å². The topological polar surface area (TPSA) is 160 Å². The number of carbonyl (C=O) groups is 4. The summed E-state index contributed by atoms with van der Waals surface area (Å²) in [6.07, 6.45) is -0.647. The number of hydrogen-bond donors (Lipinski definition) is 4. The summed E-state index contributed by atoms with van der Waals surface area (Å²) in [4.78, 5) is 53.0. The molecule has 0 aliphatic carbocycles. The van der Waals surface area contributed by atoms with E-state index in [0.29, 0.717) is 23.4 Å². The minimum Gasteiger partial charge on any atom is -0.508 e. The third-order valence-corrected chi connectivity index (χ3v) is 5.52. The molecule has 0 saturated heterocycles. The first-order valence-electron chi connectivity index (χ1n) is 12.7. The molecule has 2 rings (SSSR count). The molecule has 0 aliphatic rings. The Bertz CT molecular complexity index is 1150. The number of nitrogens with zero attached hydrogens (tertiary/aromatic N) is 1. The number of ether oxygens (including phenoxy) is 2. The number of amides is 4. The van der Waals surface area contributed by atoms with E-state index in [1.165, 1.54) is 24.1 Å². The van der Waals surface area contributed by atoms with Gasteiger partial charge in [-0.05, 0) is 75.6 Å². The second kappa shape index (κ2) is 14.0. The van der Waals surface area contributed by atoms with Gasteiger partial charge in [0.1, 0.15) is 29.2 Å². The highest BCUT2D eigenvalue weighted by molar-refractivity contribution is 5.99. The zero-order valence-electron chi connectivity index (χ0n) is 23.0. The van der Waals surface area contributed by atoms with Gasteiger partial charge in [-0.1, -0.05) is 19.1 Å². The van der Waals surface area contributed by atoms with E-state index in [1.54, 1.807) is 57.2 Å². The first-order chi connectivity index (χ1) is 18.3. The lowest BCUT2D eigenvalue weighted by Gasteiger charge is -2.34. The molecule has 212 valence electrons. The Morgan fingerprint density at radius 3 is 2.28 bits per heavy atom. The lowest BCUT2D eigenvalue weighted by molar-refractivity contribution is -0.141. The summed E-state index contributed by atoms with van der Waals surface area (Å²) in [7, 11) is 1.53. The summed E-state index contributed by atoms with van der Waals surface area (Å²) >= 11 is 0. The van der Waals surface area contributed by atoms with Crippen molar-refractivity contribution in [1.29, 1.82) is 0 Å². The Morgan fingerprint density at radius 2 is 1.74 bits per heavy atom. The second-order valence-corrected chi connectivity index (χ2v) is 9.95. The number of nitrogens with two attached hydrogens (primary N) is 1. The van der Waals surface area contributed by atoms with Crippen molar-refractivity contribution in [2.45, 2.75) is 64.6 Å². The first-order valence-corrected chi connectivity index (χ1v) is 12.7. The van der Waals surface area contributed by atoms with Crippen LogP contribution in [0.2, 0.25) is 0 Å². The number of alkyl carbamates (subject to hydrolysis) is 1. The Hall–Kier alpha value is -4.28. The van der Waals surface area contributed by atoms with Crippen molar-refractivity contribution in [1.82, 2.24) is 10.2 Å². The number of carbonyl (C=O) groups excluding carboxylic acids is 4. The second-order valence-electron chi connectivity index (χ2n) is 9.95. The average molecular weight is 543 g/mol. The maximum Gasteiger partial charge on any atom is 0.408 e. The fourth-order valence-corrected chi connectivity index (χ4v) is 3.85. The highest BCUT2D eigenvalue weighted by atomic mass is 16.6. The van der Waals surface area contributed by atoms with Crippen LogP contribution in [0.1, 0.15) is 58.6 Å². The lowest BCUT2D eigenvalue weighted by Crippen LogP contribution is -2.52. The van der Waals surface area contributed by atoms with E-state index < -0.39 is 41.5 Å². The molecule has 0 fully saturated rings. The van der Waals surface area contributed by atoms with Crippen LogP contribution >= 0.6 is 0 Å². The van der Waals surface area contributed by atoms with Gasteiger partial charge in [0.25, 0.3) is 5.91 Å². The normalized spacial score (nSPS) is 12.5. The van der Waals surface area contributed by atoms with Crippen LogP contribution in [0.4, 0.5) is 10.5 Å². The van der Waals surface area contributed by atoms with Gasteiger partial charge in [0.2, 0.25) is 11.8 Å². The SMILES string of the molecule is CCCN(C(=O)C(CCC(N)=O)NC(=O)OC(C)(C)C)C(C(=O)Nc1ccc(OC)cc1)c1cccc(O)c1. The highest BCUT2D eigenvalue weighted by Gasteiger charge is 2.36. The molecule has 11 heteroatoms. The molecule has 39 heavy (non-hydrogen) atoms. The fourth-order valence-electron chi connectivity index (χ4n) is 3.85. The van der Waals surface area contributed by atoms with Crippen molar-refractivity contribution < 1.29 is 33.8 Å². The van der Waals surface area contributed by atoms with Crippen LogP contribution < -0.4 is 21.1 Å². The Labute approximate surface area is 228 Å². The van der Waals surface area contributed by atoms with Crippen LogP contribution in [0.25, 0.3) is 0 Å². The fraction of sp³-hybridized carbons (Fsp3) is 0.429. The molecule has 2 aromatic carbocycles. The number of nitrogens with one attached hydrogen (secondary N) is 2. The van der Waals surface area contributed by atoms with Crippen LogP contribution in [0, 0.1) is 0 Å². The molecular formula is C28H38N4O7. The quantitative estimate of drug-likeness (QED) is 0.319. The van der Waals surface area contributed by atoms with E-state index in [0.717, 1.165) is 0 Å². The third kappa shape index (κ3) is 9.84. The maximum absolute atomic E-state index is 13.9. The summed E-state index contributed by atoms with van der Waals surface area (Å²) in [5.41, 5.74) is 5.32. The van der Waals surface area contributed by atoms with Gasteiger partial charge in [0.05, 0.1) is 7.11 Å². The van der Waals surface area contributed by atoms with Gasteiger partial charge in [-0.2, -0.15) is 0 Å². The largest absolute Gasteiger partial charge is 0.508 e. The van der Waals surface area contributed by atoms with Crippen molar-refractivity contribution in [3.8, 4) is 11.5 Å². The standard InChI is InChI=1S/C28H38N4O7/c1-6-16-32(26(36)22(14-15-23(29)34)31-27(37)39-28(2,3)4)24(18-8-7-9-20(33)17-18)25(35)30-19-10-12-21(38-5)13-11-19/h7-13,17,22,24,33H,6,14-16H2,1-5H3,(H2,29,34)(H,30,35)(H,31,37). The van der Waals surface area contributed by atoms with Crippen LogP contribution in [-0.2, 0) is 19.1 Å².